The Labute approximate surface area is 203 Å². The van der Waals surface area contributed by atoms with E-state index in [0.29, 0.717) is 23.2 Å². The van der Waals surface area contributed by atoms with Gasteiger partial charge in [0.05, 0.1) is 13.3 Å². The van der Waals surface area contributed by atoms with Crippen LogP contribution in [0.15, 0.2) is 30.6 Å². The molecule has 3 heterocycles. The Morgan fingerprint density at radius 2 is 2.06 bits per heavy atom. The zero-order chi connectivity index (χ0) is 25.8. The number of hydrogen-bond acceptors (Lipinski definition) is 9. The second kappa shape index (κ2) is 10.6. The molecule has 188 valence electrons. The molecule has 0 bridgehead atoms. The highest BCUT2D eigenvalue weighted by molar-refractivity contribution is 6.00. The van der Waals surface area contributed by atoms with Crippen LogP contribution in [0, 0.1) is 5.92 Å². The summed E-state index contributed by atoms with van der Waals surface area (Å²) in [5.41, 5.74) is 0.258. The van der Waals surface area contributed by atoms with Gasteiger partial charge in [-0.1, -0.05) is 6.92 Å². The fourth-order valence-corrected chi connectivity index (χ4v) is 3.05. The minimum Gasteiger partial charge on any atom is -0.480 e. The Bertz CT molecular complexity index is 1200. The monoisotopic (exact) mass is 485 g/mol. The van der Waals surface area contributed by atoms with Gasteiger partial charge in [-0.25, -0.2) is 14.8 Å². The predicted octanol–water partition coefficient (Wildman–Crippen LogP) is 2.61. The van der Waals surface area contributed by atoms with Crippen molar-refractivity contribution in [2.45, 2.75) is 33.3 Å². The van der Waals surface area contributed by atoms with Gasteiger partial charge < -0.3 is 25.2 Å². The van der Waals surface area contributed by atoms with Gasteiger partial charge in [-0.2, -0.15) is 9.61 Å². The molecule has 1 atom stereocenters. The van der Waals surface area contributed by atoms with Crippen molar-refractivity contribution in [3.63, 3.8) is 0 Å². The molecule has 0 aliphatic rings. The first-order valence-electron chi connectivity index (χ1n) is 11.0. The van der Waals surface area contributed by atoms with E-state index in [2.05, 4.69) is 25.7 Å². The van der Waals surface area contributed by atoms with Gasteiger partial charge in [0.1, 0.15) is 28.5 Å². The molecular weight excluding hydrogens is 454 g/mol. The maximum absolute atomic E-state index is 12.9. The zero-order valence-corrected chi connectivity index (χ0v) is 20.7. The summed E-state index contributed by atoms with van der Waals surface area (Å²) in [7, 11) is 3.04. The van der Waals surface area contributed by atoms with Crippen LogP contribution in [0.1, 0.15) is 38.1 Å². The number of hydrogen-bond donors (Lipinski definition) is 3. The molecule has 3 aromatic rings. The van der Waals surface area contributed by atoms with Crippen molar-refractivity contribution < 1.29 is 24.2 Å². The van der Waals surface area contributed by atoms with Gasteiger partial charge in [-0.15, -0.1) is 0 Å². The van der Waals surface area contributed by atoms with Crippen LogP contribution in [0.2, 0.25) is 0 Å². The van der Waals surface area contributed by atoms with Crippen molar-refractivity contribution >= 4 is 35.0 Å². The van der Waals surface area contributed by atoms with Gasteiger partial charge >= 0.3 is 6.09 Å². The molecule has 1 unspecified atom stereocenters. The Hall–Kier alpha value is -3.93. The van der Waals surface area contributed by atoms with Gasteiger partial charge in [0.2, 0.25) is 5.88 Å². The van der Waals surface area contributed by atoms with Crippen LogP contribution in [0.5, 0.6) is 5.88 Å². The standard InChI is InChI=1S/C23H31N7O5/c1-14(13-31)11-25-20(32)15-12-26-30-18(29(5)22(33)35-23(2,3)4)10-17(28-19(15)30)27-16-8-7-9-24-21(16)34-6/h7-10,12,14,31H,11,13H2,1-6H3,(H,25,32)(H,27,28). The quantitative estimate of drug-likeness (QED) is 0.439. The third kappa shape index (κ3) is 6.15. The summed E-state index contributed by atoms with van der Waals surface area (Å²) >= 11 is 0. The maximum Gasteiger partial charge on any atom is 0.415 e. The van der Waals surface area contributed by atoms with Gasteiger partial charge in [-0.3, -0.25) is 9.69 Å². The molecule has 3 rings (SSSR count). The number of rotatable bonds is 8. The molecular formula is C23H31N7O5. The molecule has 0 saturated carbocycles. The molecule has 0 aliphatic heterocycles. The summed E-state index contributed by atoms with van der Waals surface area (Å²) in [6, 6.07) is 5.10. The number of aromatic nitrogens is 4. The van der Waals surface area contributed by atoms with Gasteiger partial charge in [-0.05, 0) is 38.8 Å². The number of methoxy groups -OCH3 is 1. The van der Waals surface area contributed by atoms with Crippen LogP contribution in [-0.2, 0) is 4.74 Å². The highest BCUT2D eigenvalue weighted by Crippen LogP contribution is 2.28. The van der Waals surface area contributed by atoms with Crippen LogP contribution in [0.3, 0.4) is 0 Å². The number of carbonyl (C=O) groups is 2. The van der Waals surface area contributed by atoms with Gasteiger partial charge in [0.25, 0.3) is 5.91 Å². The lowest BCUT2D eigenvalue weighted by molar-refractivity contribution is 0.0587. The Morgan fingerprint density at radius 3 is 2.71 bits per heavy atom. The molecule has 12 heteroatoms. The van der Waals surface area contributed by atoms with E-state index in [1.54, 1.807) is 52.2 Å². The van der Waals surface area contributed by atoms with Crippen molar-refractivity contribution in [2.75, 3.05) is 37.5 Å². The van der Waals surface area contributed by atoms with Crippen molar-refractivity contribution in [1.82, 2.24) is 24.9 Å². The highest BCUT2D eigenvalue weighted by Gasteiger charge is 2.25. The van der Waals surface area contributed by atoms with Crippen LogP contribution >= 0.6 is 0 Å². The molecule has 12 nitrogen and oxygen atoms in total. The number of fused-ring (bicyclic) bond motifs is 1. The summed E-state index contributed by atoms with van der Waals surface area (Å²) in [4.78, 5) is 35.7. The zero-order valence-electron chi connectivity index (χ0n) is 20.7. The fraction of sp³-hybridized carbons (Fsp3) is 0.435. The number of aliphatic hydroxyl groups excluding tert-OH is 1. The largest absolute Gasteiger partial charge is 0.480 e. The number of aliphatic hydroxyl groups is 1. The second-order valence-electron chi connectivity index (χ2n) is 9.02. The molecule has 0 fully saturated rings. The Balaban J connectivity index is 2.07. The van der Waals surface area contributed by atoms with E-state index in [-0.39, 0.29) is 30.3 Å². The van der Waals surface area contributed by atoms with Crippen molar-refractivity contribution in [3.8, 4) is 5.88 Å². The number of ether oxygens (including phenoxy) is 2. The van der Waals surface area contributed by atoms with E-state index >= 15 is 0 Å². The summed E-state index contributed by atoms with van der Waals surface area (Å²) in [6.07, 6.45) is 2.37. The number of anilines is 3. The smallest absolute Gasteiger partial charge is 0.415 e. The van der Waals surface area contributed by atoms with Crippen molar-refractivity contribution in [3.05, 3.63) is 36.2 Å². The number of amides is 2. The molecule has 3 aromatic heterocycles. The summed E-state index contributed by atoms with van der Waals surface area (Å²) in [5, 5.41) is 19.4. The molecule has 0 saturated heterocycles. The third-order valence-electron chi connectivity index (χ3n) is 4.86. The van der Waals surface area contributed by atoms with Crippen molar-refractivity contribution in [2.24, 2.45) is 5.92 Å². The lowest BCUT2D eigenvalue weighted by atomic mass is 10.2. The summed E-state index contributed by atoms with van der Waals surface area (Å²) in [6.45, 7) is 7.35. The second-order valence-corrected chi connectivity index (χ2v) is 9.02. The van der Waals surface area contributed by atoms with Gasteiger partial charge in [0, 0.05) is 32.5 Å². The first kappa shape index (κ1) is 25.7. The van der Waals surface area contributed by atoms with Crippen LogP contribution in [-0.4, -0.2) is 69.6 Å². The van der Waals surface area contributed by atoms with Crippen LogP contribution < -0.4 is 20.3 Å². The minimum atomic E-state index is -0.708. The topological polar surface area (TPSA) is 143 Å². The van der Waals surface area contributed by atoms with E-state index in [0.717, 1.165) is 0 Å². The third-order valence-corrected chi connectivity index (χ3v) is 4.86. The molecule has 3 N–H and O–H groups in total. The average molecular weight is 486 g/mol. The van der Waals surface area contributed by atoms with E-state index < -0.39 is 17.6 Å². The van der Waals surface area contributed by atoms with E-state index in [4.69, 9.17) is 9.47 Å². The Kier molecular flexibility index (Phi) is 7.75. The molecule has 2 amide bonds. The van der Waals surface area contributed by atoms with Crippen molar-refractivity contribution in [1.29, 1.82) is 0 Å². The number of carbonyl (C=O) groups excluding carboxylic acids is 2. The molecule has 0 spiro atoms. The Morgan fingerprint density at radius 1 is 1.31 bits per heavy atom. The van der Waals surface area contributed by atoms with Crippen LogP contribution in [0.4, 0.5) is 22.1 Å². The van der Waals surface area contributed by atoms with E-state index in [1.807, 2.05) is 6.92 Å². The predicted molar refractivity (Wildman–Crippen MR) is 130 cm³/mol. The first-order chi connectivity index (χ1) is 16.5. The van der Waals surface area contributed by atoms with E-state index in [1.165, 1.54) is 22.7 Å². The van der Waals surface area contributed by atoms with Gasteiger partial charge in [0.15, 0.2) is 5.65 Å². The summed E-state index contributed by atoms with van der Waals surface area (Å²) in [5.74, 6) is 0.471. The SMILES string of the molecule is COc1ncccc1Nc1cc(N(C)C(=O)OC(C)(C)C)n2ncc(C(=O)NCC(C)CO)c2n1. The normalized spacial score (nSPS) is 12.2. The molecule has 35 heavy (non-hydrogen) atoms. The lowest BCUT2D eigenvalue weighted by Gasteiger charge is -2.25. The number of nitrogens with one attached hydrogen (secondary N) is 2. The lowest BCUT2D eigenvalue weighted by Crippen LogP contribution is -2.35. The maximum atomic E-state index is 12.9. The highest BCUT2D eigenvalue weighted by atomic mass is 16.6. The van der Waals surface area contributed by atoms with E-state index in [9.17, 15) is 14.7 Å². The van der Waals surface area contributed by atoms with Crippen LogP contribution in [0.25, 0.3) is 5.65 Å². The minimum absolute atomic E-state index is 0.0564. The molecule has 0 aliphatic carbocycles. The summed E-state index contributed by atoms with van der Waals surface area (Å²) < 4.78 is 12.2. The number of pyridine rings is 1. The average Bonchev–Trinajstić information content (AvgIpc) is 3.24. The first-order valence-corrected chi connectivity index (χ1v) is 11.0. The molecule has 0 aromatic carbocycles. The molecule has 0 radical (unpaired) electrons. The number of nitrogens with zero attached hydrogens (tertiary/aromatic N) is 5. The fourth-order valence-electron chi connectivity index (χ4n) is 3.05.